The highest BCUT2D eigenvalue weighted by molar-refractivity contribution is 5.41. The first-order chi connectivity index (χ1) is 9.81. The highest BCUT2D eigenvalue weighted by Gasteiger charge is 2.35. The lowest BCUT2D eigenvalue weighted by atomic mass is 10.2. The van der Waals surface area contributed by atoms with E-state index in [-0.39, 0.29) is 18.4 Å². The highest BCUT2D eigenvalue weighted by atomic mass is 19.4. The third-order valence-electron chi connectivity index (χ3n) is 3.63. The van der Waals surface area contributed by atoms with Gasteiger partial charge in [0.05, 0.1) is 12.2 Å². The fourth-order valence-corrected chi connectivity index (χ4v) is 2.52. The van der Waals surface area contributed by atoms with E-state index in [0.29, 0.717) is 25.2 Å². The van der Waals surface area contributed by atoms with Crippen LogP contribution in [0.15, 0.2) is 6.33 Å². The van der Waals surface area contributed by atoms with Crippen molar-refractivity contribution in [2.45, 2.75) is 32.5 Å². The molecule has 4 nitrogen and oxygen atoms in total. The van der Waals surface area contributed by atoms with Crippen molar-refractivity contribution in [2.75, 3.05) is 31.1 Å². The Balaban J connectivity index is 2.09. The maximum atomic E-state index is 14.2. The minimum atomic E-state index is -4.22. The van der Waals surface area contributed by atoms with Gasteiger partial charge in [-0.1, -0.05) is 6.92 Å². The second kappa shape index (κ2) is 6.13. The first-order valence-electron chi connectivity index (χ1n) is 6.87. The summed E-state index contributed by atoms with van der Waals surface area (Å²) >= 11 is 0. The van der Waals surface area contributed by atoms with Crippen LogP contribution < -0.4 is 4.90 Å². The number of hydrogen-bond acceptors (Lipinski definition) is 4. The summed E-state index contributed by atoms with van der Waals surface area (Å²) in [6.45, 7) is 3.42. The van der Waals surface area contributed by atoms with Gasteiger partial charge in [0, 0.05) is 25.7 Å². The molecule has 1 atom stereocenters. The van der Waals surface area contributed by atoms with E-state index in [0.717, 1.165) is 0 Å². The van der Waals surface area contributed by atoms with Crippen LogP contribution in [0, 0.1) is 5.82 Å². The van der Waals surface area contributed by atoms with Crippen LogP contribution in [0.4, 0.5) is 23.4 Å². The number of nitrogens with zero attached hydrogens (tertiary/aromatic N) is 4. The quantitative estimate of drug-likeness (QED) is 0.802. The Labute approximate surface area is 120 Å². The van der Waals surface area contributed by atoms with E-state index in [4.69, 9.17) is 0 Å². The molecular weight excluding hydrogens is 288 g/mol. The average molecular weight is 306 g/mol. The summed E-state index contributed by atoms with van der Waals surface area (Å²) < 4.78 is 51.6. The molecule has 1 fully saturated rings. The molecule has 21 heavy (non-hydrogen) atoms. The summed E-state index contributed by atoms with van der Waals surface area (Å²) in [7, 11) is 0. The molecule has 1 aliphatic heterocycles. The lowest BCUT2D eigenvalue weighted by Gasteiger charge is -2.40. The molecule has 8 heteroatoms. The van der Waals surface area contributed by atoms with Gasteiger partial charge in [-0.3, -0.25) is 4.90 Å². The van der Waals surface area contributed by atoms with E-state index in [1.54, 1.807) is 18.7 Å². The highest BCUT2D eigenvalue weighted by Crippen LogP contribution is 2.24. The van der Waals surface area contributed by atoms with Gasteiger partial charge in [0.25, 0.3) is 0 Å². The minimum Gasteiger partial charge on any atom is -0.351 e. The number of rotatable bonds is 3. The van der Waals surface area contributed by atoms with Crippen LogP contribution >= 0.6 is 0 Å². The summed E-state index contributed by atoms with van der Waals surface area (Å²) in [5.74, 6) is -0.295. The number of aryl methyl sites for hydroxylation is 1. The van der Waals surface area contributed by atoms with Gasteiger partial charge in [0.2, 0.25) is 0 Å². The van der Waals surface area contributed by atoms with Gasteiger partial charge in [-0.2, -0.15) is 13.2 Å². The zero-order valence-electron chi connectivity index (χ0n) is 12.0. The van der Waals surface area contributed by atoms with Crippen molar-refractivity contribution in [3.63, 3.8) is 0 Å². The first kappa shape index (κ1) is 15.9. The van der Waals surface area contributed by atoms with Crippen molar-refractivity contribution in [1.82, 2.24) is 14.9 Å². The summed E-state index contributed by atoms with van der Waals surface area (Å²) in [6.07, 6.45) is -2.47. The summed E-state index contributed by atoms with van der Waals surface area (Å²) in [4.78, 5) is 10.9. The molecular formula is C13H18F4N4. The maximum Gasteiger partial charge on any atom is 0.401 e. The number of aromatic nitrogens is 2. The molecule has 0 saturated carbocycles. The van der Waals surface area contributed by atoms with Gasteiger partial charge in [-0.25, -0.2) is 14.4 Å². The minimum absolute atomic E-state index is 0.181. The van der Waals surface area contributed by atoms with Crippen molar-refractivity contribution in [1.29, 1.82) is 0 Å². The van der Waals surface area contributed by atoms with Gasteiger partial charge < -0.3 is 4.90 Å². The predicted molar refractivity (Wildman–Crippen MR) is 70.7 cm³/mol. The molecule has 118 valence electrons. The van der Waals surface area contributed by atoms with Crippen LogP contribution in [-0.2, 0) is 6.42 Å². The number of halogens is 4. The Bertz CT molecular complexity index is 492. The second-order valence-corrected chi connectivity index (χ2v) is 5.19. The zero-order chi connectivity index (χ0) is 15.6. The van der Waals surface area contributed by atoms with E-state index in [1.165, 1.54) is 11.2 Å². The molecule has 0 amide bonds. The molecule has 0 aromatic carbocycles. The van der Waals surface area contributed by atoms with Gasteiger partial charge in [-0.05, 0) is 13.3 Å². The third-order valence-corrected chi connectivity index (χ3v) is 3.63. The standard InChI is InChI=1S/C13H18F4N4/c1-3-10-11(14)12(19-8-18-10)20-4-5-21(9(2)6-20)7-13(15,16)17/h8-9H,3-7H2,1-2H3/t9-/m0/s1. The molecule has 0 radical (unpaired) electrons. The Morgan fingerprint density at radius 2 is 2.00 bits per heavy atom. The van der Waals surface area contributed by atoms with E-state index in [1.807, 2.05) is 0 Å². The monoisotopic (exact) mass is 306 g/mol. The molecule has 0 bridgehead atoms. The van der Waals surface area contributed by atoms with E-state index < -0.39 is 18.5 Å². The lowest BCUT2D eigenvalue weighted by molar-refractivity contribution is -0.150. The van der Waals surface area contributed by atoms with Crippen molar-refractivity contribution in [3.05, 3.63) is 17.8 Å². The Hall–Kier alpha value is -1.44. The summed E-state index contributed by atoms with van der Waals surface area (Å²) in [5, 5.41) is 0. The van der Waals surface area contributed by atoms with Crippen LogP contribution in [0.3, 0.4) is 0 Å². The van der Waals surface area contributed by atoms with Gasteiger partial charge >= 0.3 is 6.18 Å². The average Bonchev–Trinajstić information content (AvgIpc) is 2.40. The molecule has 2 heterocycles. The number of piperazine rings is 1. The van der Waals surface area contributed by atoms with Crippen LogP contribution in [-0.4, -0.2) is 53.3 Å². The van der Waals surface area contributed by atoms with E-state index in [9.17, 15) is 17.6 Å². The maximum absolute atomic E-state index is 14.2. The van der Waals surface area contributed by atoms with Gasteiger partial charge in [0.15, 0.2) is 11.6 Å². The van der Waals surface area contributed by atoms with Crippen LogP contribution in [0.1, 0.15) is 19.5 Å². The van der Waals surface area contributed by atoms with Gasteiger partial charge in [0.1, 0.15) is 6.33 Å². The molecule has 1 saturated heterocycles. The smallest absolute Gasteiger partial charge is 0.351 e. The zero-order valence-corrected chi connectivity index (χ0v) is 12.0. The number of anilines is 1. The molecule has 0 unspecified atom stereocenters. The molecule has 1 aliphatic rings. The fraction of sp³-hybridized carbons (Fsp3) is 0.692. The largest absolute Gasteiger partial charge is 0.401 e. The SMILES string of the molecule is CCc1ncnc(N2CCN(CC(F)(F)F)[C@@H](C)C2)c1F. The second-order valence-electron chi connectivity index (χ2n) is 5.19. The normalized spacial score (nSPS) is 20.9. The molecule has 0 aliphatic carbocycles. The summed E-state index contributed by atoms with van der Waals surface area (Å²) in [6, 6.07) is -0.320. The van der Waals surface area contributed by atoms with E-state index in [2.05, 4.69) is 9.97 Å². The van der Waals surface area contributed by atoms with Crippen molar-refractivity contribution >= 4 is 5.82 Å². The lowest BCUT2D eigenvalue weighted by Crippen LogP contribution is -2.54. The third kappa shape index (κ3) is 3.81. The van der Waals surface area contributed by atoms with Crippen molar-refractivity contribution in [3.8, 4) is 0 Å². The van der Waals surface area contributed by atoms with Crippen molar-refractivity contribution in [2.24, 2.45) is 0 Å². The molecule has 0 spiro atoms. The van der Waals surface area contributed by atoms with Gasteiger partial charge in [-0.15, -0.1) is 0 Å². The predicted octanol–water partition coefficient (Wildman–Crippen LogP) is 2.25. The Kier molecular flexibility index (Phi) is 4.65. The number of alkyl halides is 3. The topological polar surface area (TPSA) is 32.3 Å². The molecule has 0 N–H and O–H groups in total. The summed E-state index contributed by atoms with van der Waals surface area (Å²) in [5.41, 5.74) is 0.324. The Morgan fingerprint density at radius 1 is 1.29 bits per heavy atom. The Morgan fingerprint density at radius 3 is 2.57 bits per heavy atom. The van der Waals surface area contributed by atoms with E-state index >= 15 is 0 Å². The van der Waals surface area contributed by atoms with Crippen LogP contribution in [0.2, 0.25) is 0 Å². The number of hydrogen-bond donors (Lipinski definition) is 0. The molecule has 1 aromatic rings. The fourth-order valence-electron chi connectivity index (χ4n) is 2.52. The van der Waals surface area contributed by atoms with Crippen LogP contribution in [0.25, 0.3) is 0 Å². The van der Waals surface area contributed by atoms with Crippen LogP contribution in [0.5, 0.6) is 0 Å². The molecule has 2 rings (SSSR count). The molecule has 1 aromatic heterocycles. The van der Waals surface area contributed by atoms with Crippen molar-refractivity contribution < 1.29 is 17.6 Å². The first-order valence-corrected chi connectivity index (χ1v) is 6.87.